The van der Waals surface area contributed by atoms with E-state index in [2.05, 4.69) is 20.6 Å². The second-order valence-electron chi connectivity index (χ2n) is 7.14. The van der Waals surface area contributed by atoms with Gasteiger partial charge in [0.05, 0.1) is 18.7 Å². The molecule has 30 heavy (non-hydrogen) atoms. The van der Waals surface area contributed by atoms with Crippen molar-refractivity contribution in [3.8, 4) is 5.75 Å². The first-order valence-electron chi connectivity index (χ1n) is 10.0. The quantitative estimate of drug-likeness (QED) is 0.641. The number of benzene rings is 1. The Kier molecular flexibility index (Phi) is 5.79. The smallest absolute Gasteiger partial charge is 0.258 e. The molecule has 1 fully saturated rings. The second kappa shape index (κ2) is 8.82. The van der Waals surface area contributed by atoms with Crippen LogP contribution in [0.3, 0.4) is 0 Å². The first-order chi connectivity index (χ1) is 14.7. The summed E-state index contributed by atoms with van der Waals surface area (Å²) in [5.41, 5.74) is 2.45. The van der Waals surface area contributed by atoms with E-state index in [0.717, 1.165) is 35.7 Å². The Balaban J connectivity index is 1.61. The molecule has 1 aromatic carbocycles. The SMILES string of the molecule is CNc1cc(C2CCCN2C(=O)c2cccnc2Nc2cccc(OC)c2)ccn1. The molecule has 1 atom stereocenters. The predicted octanol–water partition coefficient (Wildman–Crippen LogP) is 4.25. The van der Waals surface area contributed by atoms with Crippen LogP contribution >= 0.6 is 0 Å². The number of carbonyl (C=O) groups is 1. The number of nitrogens with one attached hydrogen (secondary N) is 2. The minimum Gasteiger partial charge on any atom is -0.497 e. The average molecular weight is 403 g/mol. The van der Waals surface area contributed by atoms with Crippen molar-refractivity contribution in [2.24, 2.45) is 0 Å². The van der Waals surface area contributed by atoms with Crippen molar-refractivity contribution in [1.82, 2.24) is 14.9 Å². The largest absolute Gasteiger partial charge is 0.497 e. The molecule has 1 saturated heterocycles. The van der Waals surface area contributed by atoms with E-state index in [1.165, 1.54) is 0 Å². The van der Waals surface area contributed by atoms with Crippen molar-refractivity contribution in [3.05, 3.63) is 72.1 Å². The summed E-state index contributed by atoms with van der Waals surface area (Å²) in [6, 6.07) is 15.2. The van der Waals surface area contributed by atoms with Gasteiger partial charge in [-0.1, -0.05) is 6.07 Å². The van der Waals surface area contributed by atoms with Crippen LogP contribution in [0.1, 0.15) is 34.8 Å². The fourth-order valence-electron chi connectivity index (χ4n) is 3.82. The highest BCUT2D eigenvalue weighted by molar-refractivity contribution is 5.99. The maximum absolute atomic E-state index is 13.5. The fourth-order valence-corrected chi connectivity index (χ4v) is 3.82. The molecular weight excluding hydrogens is 378 g/mol. The van der Waals surface area contributed by atoms with Gasteiger partial charge < -0.3 is 20.3 Å². The summed E-state index contributed by atoms with van der Waals surface area (Å²) in [5, 5.41) is 6.33. The number of rotatable bonds is 6. The van der Waals surface area contributed by atoms with Gasteiger partial charge in [-0.25, -0.2) is 9.97 Å². The maximum Gasteiger partial charge on any atom is 0.258 e. The third-order valence-electron chi connectivity index (χ3n) is 5.31. The summed E-state index contributed by atoms with van der Waals surface area (Å²) >= 11 is 0. The van der Waals surface area contributed by atoms with Crippen LogP contribution < -0.4 is 15.4 Å². The third kappa shape index (κ3) is 4.05. The van der Waals surface area contributed by atoms with Gasteiger partial charge >= 0.3 is 0 Å². The zero-order chi connectivity index (χ0) is 20.9. The lowest BCUT2D eigenvalue weighted by Crippen LogP contribution is -2.31. The molecule has 2 aromatic heterocycles. The summed E-state index contributed by atoms with van der Waals surface area (Å²) in [4.78, 5) is 24.2. The van der Waals surface area contributed by atoms with Gasteiger partial charge in [0.15, 0.2) is 0 Å². The van der Waals surface area contributed by atoms with Gasteiger partial charge in [0.1, 0.15) is 17.4 Å². The first kappa shape index (κ1) is 19.7. The van der Waals surface area contributed by atoms with E-state index < -0.39 is 0 Å². The van der Waals surface area contributed by atoms with Crippen LogP contribution in [0, 0.1) is 0 Å². The summed E-state index contributed by atoms with van der Waals surface area (Å²) in [5.74, 6) is 2.04. The minimum absolute atomic E-state index is 0.0254. The Morgan fingerprint density at radius 2 is 2.03 bits per heavy atom. The molecule has 2 N–H and O–H groups in total. The number of methoxy groups -OCH3 is 1. The molecule has 1 unspecified atom stereocenters. The lowest BCUT2D eigenvalue weighted by molar-refractivity contribution is 0.0736. The molecular formula is C23H25N5O2. The topological polar surface area (TPSA) is 79.4 Å². The number of hydrogen-bond acceptors (Lipinski definition) is 6. The molecule has 0 aliphatic carbocycles. The van der Waals surface area contributed by atoms with Crippen LogP contribution in [-0.4, -0.2) is 41.5 Å². The molecule has 0 saturated carbocycles. The van der Waals surface area contributed by atoms with Gasteiger partial charge in [-0.3, -0.25) is 4.79 Å². The Hall–Kier alpha value is -3.61. The van der Waals surface area contributed by atoms with Crippen molar-refractivity contribution < 1.29 is 9.53 Å². The van der Waals surface area contributed by atoms with Crippen LogP contribution in [0.2, 0.25) is 0 Å². The summed E-state index contributed by atoms with van der Waals surface area (Å²) in [7, 11) is 3.47. The highest BCUT2D eigenvalue weighted by atomic mass is 16.5. The molecule has 7 heteroatoms. The van der Waals surface area contributed by atoms with Gasteiger partial charge in [0, 0.05) is 37.7 Å². The molecule has 1 aliphatic heterocycles. The molecule has 3 heterocycles. The van der Waals surface area contributed by atoms with Gasteiger partial charge in [-0.2, -0.15) is 0 Å². The number of amides is 1. The Morgan fingerprint density at radius 3 is 2.87 bits per heavy atom. The van der Waals surface area contributed by atoms with E-state index in [4.69, 9.17) is 4.74 Å². The van der Waals surface area contributed by atoms with Crippen LogP contribution in [0.4, 0.5) is 17.3 Å². The van der Waals surface area contributed by atoms with Gasteiger partial charge in [-0.15, -0.1) is 0 Å². The second-order valence-corrected chi connectivity index (χ2v) is 7.14. The van der Waals surface area contributed by atoms with Crippen LogP contribution in [0.5, 0.6) is 5.75 Å². The number of pyridine rings is 2. The van der Waals surface area contributed by atoms with E-state index in [9.17, 15) is 4.79 Å². The molecule has 0 bridgehead atoms. The monoisotopic (exact) mass is 403 g/mol. The molecule has 154 valence electrons. The van der Waals surface area contributed by atoms with Crippen LogP contribution in [-0.2, 0) is 0 Å². The molecule has 0 spiro atoms. The summed E-state index contributed by atoms with van der Waals surface area (Å²) in [6.45, 7) is 0.716. The number of carbonyl (C=O) groups excluding carboxylic acids is 1. The molecule has 1 aliphatic rings. The standard InChI is InChI=1S/C23H25N5O2/c1-24-21-14-16(10-12-25-21)20-9-5-13-28(20)23(29)19-8-4-11-26-22(19)27-17-6-3-7-18(15-17)30-2/h3-4,6-8,10-12,14-15,20H,5,9,13H2,1-2H3,(H,24,25)(H,26,27). The normalized spacial score (nSPS) is 15.7. The number of likely N-dealkylation sites (tertiary alicyclic amines) is 1. The zero-order valence-corrected chi connectivity index (χ0v) is 17.1. The number of ether oxygens (including phenoxy) is 1. The minimum atomic E-state index is -0.0289. The van der Waals surface area contributed by atoms with Crippen molar-refractivity contribution in [3.63, 3.8) is 0 Å². The van der Waals surface area contributed by atoms with E-state index in [0.29, 0.717) is 17.9 Å². The summed E-state index contributed by atoms with van der Waals surface area (Å²) in [6.07, 6.45) is 5.36. The van der Waals surface area contributed by atoms with E-state index in [1.54, 1.807) is 25.6 Å². The Bertz CT molecular complexity index is 1040. The Labute approximate surface area is 176 Å². The van der Waals surface area contributed by atoms with Crippen molar-refractivity contribution in [2.75, 3.05) is 31.3 Å². The maximum atomic E-state index is 13.5. The number of hydrogen-bond donors (Lipinski definition) is 2. The van der Waals surface area contributed by atoms with Crippen molar-refractivity contribution in [2.45, 2.75) is 18.9 Å². The molecule has 0 radical (unpaired) electrons. The third-order valence-corrected chi connectivity index (χ3v) is 5.31. The lowest BCUT2D eigenvalue weighted by atomic mass is 10.0. The lowest BCUT2D eigenvalue weighted by Gasteiger charge is -2.26. The molecule has 4 rings (SSSR count). The fraction of sp³-hybridized carbons (Fsp3) is 0.261. The number of anilines is 3. The van der Waals surface area contributed by atoms with E-state index in [-0.39, 0.29) is 11.9 Å². The highest BCUT2D eigenvalue weighted by Gasteiger charge is 2.32. The highest BCUT2D eigenvalue weighted by Crippen LogP contribution is 2.35. The number of nitrogens with zero attached hydrogens (tertiary/aromatic N) is 3. The van der Waals surface area contributed by atoms with Gasteiger partial charge in [-0.05, 0) is 54.8 Å². The van der Waals surface area contributed by atoms with Gasteiger partial charge in [0.2, 0.25) is 0 Å². The van der Waals surface area contributed by atoms with Crippen molar-refractivity contribution >= 4 is 23.2 Å². The molecule has 1 amide bonds. The average Bonchev–Trinajstić information content (AvgIpc) is 3.29. The first-order valence-corrected chi connectivity index (χ1v) is 10.0. The van der Waals surface area contributed by atoms with Crippen LogP contribution in [0.15, 0.2) is 60.9 Å². The van der Waals surface area contributed by atoms with Crippen molar-refractivity contribution in [1.29, 1.82) is 0 Å². The Morgan fingerprint density at radius 1 is 1.13 bits per heavy atom. The predicted molar refractivity (Wildman–Crippen MR) is 117 cm³/mol. The number of aromatic nitrogens is 2. The van der Waals surface area contributed by atoms with Crippen LogP contribution in [0.25, 0.3) is 0 Å². The van der Waals surface area contributed by atoms with E-state index in [1.807, 2.05) is 54.4 Å². The summed E-state index contributed by atoms with van der Waals surface area (Å²) < 4.78 is 5.29. The molecule has 7 nitrogen and oxygen atoms in total. The molecule has 3 aromatic rings. The van der Waals surface area contributed by atoms with E-state index >= 15 is 0 Å². The van der Waals surface area contributed by atoms with Gasteiger partial charge in [0.25, 0.3) is 5.91 Å². The zero-order valence-electron chi connectivity index (χ0n) is 17.1.